The fraction of sp³-hybridized carbons (Fsp3) is 0.417. The van der Waals surface area contributed by atoms with Crippen LogP contribution in [0.15, 0.2) is 18.2 Å². The predicted molar refractivity (Wildman–Crippen MR) is 69.3 cm³/mol. The molecule has 0 aromatic heterocycles. The molecule has 0 saturated heterocycles. The largest absolute Gasteiger partial charge is 0.465 e. The Labute approximate surface area is 108 Å². The summed E-state index contributed by atoms with van der Waals surface area (Å²) in [6.07, 6.45) is 0. The summed E-state index contributed by atoms with van der Waals surface area (Å²) in [6, 6.07) is 3.90. The summed E-state index contributed by atoms with van der Waals surface area (Å²) in [5, 5.41) is 0. The number of ether oxygens (including phenoxy) is 1. The van der Waals surface area contributed by atoms with E-state index in [9.17, 15) is 13.4 Å². The second kappa shape index (κ2) is 5.48. The van der Waals surface area contributed by atoms with E-state index in [0.717, 1.165) is 6.07 Å². The van der Waals surface area contributed by atoms with Crippen molar-refractivity contribution in [2.75, 3.05) is 11.8 Å². The second-order valence-corrected chi connectivity index (χ2v) is 6.64. The van der Waals surface area contributed by atoms with Gasteiger partial charge in [-0.05, 0) is 39.0 Å². The van der Waals surface area contributed by atoms with Gasteiger partial charge in [-0.15, -0.1) is 0 Å². The van der Waals surface area contributed by atoms with Gasteiger partial charge < -0.3 is 9.46 Å². The van der Waals surface area contributed by atoms with Crippen molar-refractivity contribution in [2.24, 2.45) is 0 Å². The molecule has 0 amide bonds. The monoisotopic (exact) mass is 273 g/mol. The lowest BCUT2D eigenvalue weighted by Gasteiger charge is -2.18. The maximum atomic E-state index is 13.6. The topological polar surface area (TPSA) is 55.4 Å². The van der Waals surface area contributed by atoms with Gasteiger partial charge in [-0.2, -0.15) is 0 Å². The van der Waals surface area contributed by atoms with Crippen LogP contribution in [0.3, 0.4) is 0 Å². The zero-order valence-corrected chi connectivity index (χ0v) is 11.6. The fourth-order valence-electron chi connectivity index (χ4n) is 1.11. The van der Waals surface area contributed by atoms with Crippen molar-refractivity contribution in [1.29, 1.82) is 0 Å². The van der Waals surface area contributed by atoms with Crippen molar-refractivity contribution in [2.45, 2.75) is 25.5 Å². The van der Waals surface area contributed by atoms with E-state index in [1.54, 1.807) is 20.8 Å². The highest BCUT2D eigenvalue weighted by molar-refractivity contribution is 7.87. The van der Waals surface area contributed by atoms with Gasteiger partial charge >= 0.3 is 5.97 Å². The molecule has 6 heteroatoms. The van der Waals surface area contributed by atoms with Gasteiger partial charge in [0.1, 0.15) is 16.8 Å². The number of carbonyl (C=O) groups excluding carboxylic acids is 1. The molecule has 1 N–H and O–H groups in total. The van der Waals surface area contributed by atoms with E-state index in [-0.39, 0.29) is 5.56 Å². The number of esters is 1. The Bertz CT molecular complexity index is 483. The van der Waals surface area contributed by atoms with Crippen LogP contribution in [-0.4, -0.2) is 22.0 Å². The van der Waals surface area contributed by atoms with Crippen LogP contribution in [0.2, 0.25) is 0 Å². The third-order valence-electron chi connectivity index (χ3n) is 2.14. The van der Waals surface area contributed by atoms with Crippen molar-refractivity contribution in [3.8, 4) is 0 Å². The molecule has 4 nitrogen and oxygen atoms in total. The Balaban J connectivity index is 2.92. The molecule has 0 saturated carbocycles. The molecule has 1 aromatic rings. The number of methoxy groups -OCH3 is 1. The van der Waals surface area contributed by atoms with Crippen LogP contribution in [0.4, 0.5) is 10.1 Å². The first-order valence-corrected chi connectivity index (χ1v) is 6.47. The molecule has 0 aliphatic rings. The summed E-state index contributed by atoms with van der Waals surface area (Å²) < 4.78 is 32.1. The molecular weight excluding hydrogens is 257 g/mol. The minimum absolute atomic E-state index is 0.149. The van der Waals surface area contributed by atoms with Crippen molar-refractivity contribution >= 4 is 22.6 Å². The summed E-state index contributed by atoms with van der Waals surface area (Å²) >= 11 is 0. The second-order valence-electron chi connectivity index (χ2n) is 4.67. The summed E-state index contributed by atoms with van der Waals surface area (Å²) in [7, 11) is -0.165. The highest BCUT2D eigenvalue weighted by atomic mass is 32.2. The first-order chi connectivity index (χ1) is 8.25. The summed E-state index contributed by atoms with van der Waals surface area (Å²) in [5.41, 5.74) is 0.206. The molecule has 18 heavy (non-hydrogen) atoms. The Hall–Kier alpha value is -1.43. The molecule has 0 heterocycles. The molecule has 1 rings (SSSR count). The maximum absolute atomic E-state index is 13.6. The number of nitrogens with one attached hydrogen (secondary N) is 1. The third kappa shape index (κ3) is 3.53. The van der Waals surface area contributed by atoms with Crippen LogP contribution in [-0.2, 0) is 15.7 Å². The van der Waals surface area contributed by atoms with Crippen LogP contribution in [0, 0.1) is 5.82 Å². The quantitative estimate of drug-likeness (QED) is 0.861. The molecule has 1 unspecified atom stereocenters. The first kappa shape index (κ1) is 14.6. The van der Waals surface area contributed by atoms with Gasteiger partial charge in [-0.25, -0.2) is 13.4 Å². The number of halogens is 1. The van der Waals surface area contributed by atoms with E-state index in [2.05, 4.69) is 9.46 Å². The standard InChI is InChI=1S/C12H16FNO3S/c1-12(2,3)18(16)14-8-5-6-9(10(13)7-8)11(15)17-4/h5-7,14H,1-4H3. The predicted octanol–water partition coefficient (Wildman–Crippen LogP) is 2.49. The van der Waals surface area contributed by atoms with Gasteiger partial charge in [-0.3, -0.25) is 0 Å². The minimum atomic E-state index is -1.35. The van der Waals surface area contributed by atoms with Gasteiger partial charge in [0, 0.05) is 5.69 Å². The smallest absolute Gasteiger partial charge is 0.340 e. The van der Waals surface area contributed by atoms with E-state index in [1.165, 1.54) is 19.2 Å². The summed E-state index contributed by atoms with van der Waals surface area (Å²) in [6.45, 7) is 5.40. The zero-order valence-electron chi connectivity index (χ0n) is 10.7. The molecule has 0 fully saturated rings. The Morgan fingerprint density at radius 2 is 2.00 bits per heavy atom. The third-order valence-corrected chi connectivity index (χ3v) is 3.67. The normalized spacial score (nSPS) is 12.9. The Morgan fingerprint density at radius 1 is 1.39 bits per heavy atom. The van der Waals surface area contributed by atoms with E-state index >= 15 is 0 Å². The summed E-state index contributed by atoms with van der Waals surface area (Å²) in [5.74, 6) is -1.45. The number of hydrogen-bond donors (Lipinski definition) is 1. The van der Waals surface area contributed by atoms with Gasteiger partial charge in [0.05, 0.1) is 17.4 Å². The van der Waals surface area contributed by atoms with E-state index in [4.69, 9.17) is 0 Å². The van der Waals surface area contributed by atoms with Crippen LogP contribution in [0.5, 0.6) is 0 Å². The van der Waals surface area contributed by atoms with Crippen molar-refractivity contribution in [3.63, 3.8) is 0 Å². The molecule has 0 aliphatic heterocycles. The molecule has 1 atom stereocenters. The molecule has 0 bridgehead atoms. The van der Waals surface area contributed by atoms with Crippen molar-refractivity contribution in [1.82, 2.24) is 0 Å². The minimum Gasteiger partial charge on any atom is -0.465 e. The van der Waals surface area contributed by atoms with E-state index in [0.29, 0.717) is 5.69 Å². The average molecular weight is 273 g/mol. The SMILES string of the molecule is COC(=O)c1ccc(NS(=O)C(C)(C)C)cc1F. The lowest BCUT2D eigenvalue weighted by atomic mass is 10.2. The van der Waals surface area contributed by atoms with Gasteiger partial charge in [-0.1, -0.05) is 0 Å². The van der Waals surface area contributed by atoms with Crippen LogP contribution in [0.1, 0.15) is 31.1 Å². The first-order valence-electron chi connectivity index (χ1n) is 5.32. The van der Waals surface area contributed by atoms with E-state index in [1.807, 2.05) is 0 Å². The van der Waals surface area contributed by atoms with Crippen LogP contribution in [0.25, 0.3) is 0 Å². The van der Waals surface area contributed by atoms with Crippen molar-refractivity contribution < 1.29 is 18.1 Å². The van der Waals surface area contributed by atoms with Gasteiger partial charge in [0.15, 0.2) is 0 Å². The molecule has 0 spiro atoms. The van der Waals surface area contributed by atoms with Gasteiger partial charge in [0.25, 0.3) is 0 Å². The Morgan fingerprint density at radius 3 is 2.44 bits per heavy atom. The lowest BCUT2D eigenvalue weighted by Crippen LogP contribution is -2.27. The fourth-order valence-corrected chi connectivity index (χ4v) is 1.76. The van der Waals surface area contributed by atoms with Gasteiger partial charge in [0.2, 0.25) is 0 Å². The number of rotatable bonds is 3. The highest BCUT2D eigenvalue weighted by Crippen LogP contribution is 2.19. The number of anilines is 1. The number of hydrogen-bond acceptors (Lipinski definition) is 3. The average Bonchev–Trinajstić information content (AvgIpc) is 2.27. The molecule has 0 aliphatic carbocycles. The number of benzene rings is 1. The summed E-state index contributed by atoms with van der Waals surface area (Å²) in [4.78, 5) is 11.2. The molecule has 1 aromatic carbocycles. The highest BCUT2D eigenvalue weighted by Gasteiger charge is 2.20. The van der Waals surface area contributed by atoms with Crippen LogP contribution >= 0.6 is 0 Å². The van der Waals surface area contributed by atoms with Crippen LogP contribution < -0.4 is 4.72 Å². The molecule has 0 radical (unpaired) electrons. The maximum Gasteiger partial charge on any atom is 0.340 e. The molecular formula is C12H16FNO3S. The zero-order chi connectivity index (χ0) is 13.9. The van der Waals surface area contributed by atoms with E-state index < -0.39 is 27.5 Å². The number of carbonyl (C=O) groups is 1. The lowest BCUT2D eigenvalue weighted by molar-refractivity contribution is 0.0595. The Kier molecular flexibility index (Phi) is 4.45. The van der Waals surface area contributed by atoms with Crippen molar-refractivity contribution in [3.05, 3.63) is 29.6 Å². The molecule has 100 valence electrons.